The van der Waals surface area contributed by atoms with E-state index >= 15 is 0 Å². The Labute approximate surface area is 160 Å². The van der Waals surface area contributed by atoms with Crippen molar-refractivity contribution in [3.63, 3.8) is 0 Å². The van der Waals surface area contributed by atoms with Gasteiger partial charge in [0.25, 0.3) is 5.91 Å². The minimum absolute atomic E-state index is 0.0877. The van der Waals surface area contributed by atoms with Crippen molar-refractivity contribution in [2.45, 2.75) is 18.9 Å². The first kappa shape index (κ1) is 17.5. The molecule has 3 rings (SSSR count). The van der Waals surface area contributed by atoms with Crippen LogP contribution in [0.25, 0.3) is 6.08 Å². The molecule has 0 spiro atoms. The van der Waals surface area contributed by atoms with Gasteiger partial charge in [-0.3, -0.25) is 4.79 Å². The number of carbonyl (C=O) groups is 1. The zero-order chi connectivity index (χ0) is 17.3. The van der Waals surface area contributed by atoms with Crippen LogP contribution in [0.2, 0.25) is 10.0 Å². The maximum atomic E-state index is 12.3. The minimum atomic E-state index is 0.0877. The summed E-state index contributed by atoms with van der Waals surface area (Å²) in [6.45, 7) is 0. The second-order valence-corrected chi connectivity index (χ2v) is 7.55. The van der Waals surface area contributed by atoms with Crippen LogP contribution in [0.1, 0.15) is 40.4 Å². The van der Waals surface area contributed by atoms with Crippen molar-refractivity contribution in [2.24, 2.45) is 0 Å². The molecule has 0 radical (unpaired) electrons. The van der Waals surface area contributed by atoms with Gasteiger partial charge in [-0.05, 0) is 48.2 Å². The fraction of sp³-hybridized carbons (Fsp3) is 0.211. The van der Waals surface area contributed by atoms with Gasteiger partial charge in [-0.2, -0.15) is 0 Å². The lowest BCUT2D eigenvalue weighted by Gasteiger charge is -2.19. The molecule has 1 atom stereocenters. The van der Waals surface area contributed by atoms with E-state index in [1.807, 2.05) is 48.4 Å². The lowest BCUT2D eigenvalue weighted by Crippen LogP contribution is -2.22. The number of rotatable bonds is 4. The maximum absolute atomic E-state index is 12.3. The predicted octanol–water partition coefficient (Wildman–Crippen LogP) is 6.38. The fourth-order valence-electron chi connectivity index (χ4n) is 2.98. The Bertz CT molecular complexity index is 819. The van der Waals surface area contributed by atoms with Gasteiger partial charge >= 0.3 is 0 Å². The summed E-state index contributed by atoms with van der Waals surface area (Å²) < 4.78 is 0.933. The normalized spacial score (nSPS) is 16.9. The summed E-state index contributed by atoms with van der Waals surface area (Å²) in [6, 6.07) is 11.6. The van der Waals surface area contributed by atoms with E-state index in [2.05, 4.69) is 22.0 Å². The zero-order valence-corrected chi connectivity index (χ0v) is 16.2. The van der Waals surface area contributed by atoms with E-state index < -0.39 is 0 Å². The summed E-state index contributed by atoms with van der Waals surface area (Å²) in [6.07, 6.45) is 5.89. The Morgan fingerprint density at radius 3 is 2.71 bits per heavy atom. The van der Waals surface area contributed by atoms with Crippen LogP contribution in [0.15, 0.2) is 46.9 Å². The monoisotopic (exact) mass is 423 g/mol. The van der Waals surface area contributed by atoms with Crippen molar-refractivity contribution in [1.29, 1.82) is 0 Å². The number of amides is 1. The summed E-state index contributed by atoms with van der Waals surface area (Å²) >= 11 is 15.4. The van der Waals surface area contributed by atoms with E-state index in [9.17, 15) is 4.79 Å². The number of benzene rings is 2. The van der Waals surface area contributed by atoms with Crippen molar-refractivity contribution in [3.8, 4) is 0 Å². The van der Waals surface area contributed by atoms with Crippen molar-refractivity contribution in [2.75, 3.05) is 7.05 Å². The van der Waals surface area contributed by atoms with Crippen molar-refractivity contribution in [1.82, 2.24) is 4.90 Å². The van der Waals surface area contributed by atoms with E-state index in [1.165, 1.54) is 0 Å². The smallest absolute Gasteiger partial charge is 0.254 e. The number of allylic oxidation sites excluding steroid dienone is 1. The largest absolute Gasteiger partial charge is 0.335 e. The average Bonchev–Trinajstić information content (AvgIpc) is 2.79. The first-order valence-electron chi connectivity index (χ1n) is 7.65. The van der Waals surface area contributed by atoms with E-state index in [0.717, 1.165) is 34.0 Å². The number of nitrogens with zero attached hydrogens (tertiary/aromatic N) is 1. The first-order chi connectivity index (χ1) is 11.5. The van der Waals surface area contributed by atoms with Crippen molar-refractivity contribution in [3.05, 3.63) is 73.7 Å². The molecule has 2 nitrogen and oxygen atoms in total. The van der Waals surface area contributed by atoms with Crippen LogP contribution in [0, 0.1) is 0 Å². The highest BCUT2D eigenvalue weighted by molar-refractivity contribution is 9.10. The molecule has 1 amide bonds. The van der Waals surface area contributed by atoms with Crippen LogP contribution in [-0.4, -0.2) is 17.9 Å². The standard InChI is InChI=1S/C19H16BrCl2NO/c1-23-18(14-8-7-13(20)11-15(14)19(23)24)5-3-2-4-12-6-9-16(21)17(22)10-12/h2,4,6-11,18H,3,5H2,1H3. The third-order valence-electron chi connectivity index (χ3n) is 4.25. The topological polar surface area (TPSA) is 20.3 Å². The van der Waals surface area contributed by atoms with Gasteiger partial charge in [-0.15, -0.1) is 0 Å². The SMILES string of the molecule is CN1C(=O)c2cc(Br)ccc2C1CCC=Cc1ccc(Cl)c(Cl)c1. The van der Waals surface area contributed by atoms with Crippen LogP contribution >= 0.6 is 39.1 Å². The zero-order valence-electron chi connectivity index (χ0n) is 13.1. The Hall–Kier alpha value is -1.29. The molecular weight excluding hydrogens is 409 g/mol. The highest BCUT2D eigenvalue weighted by Gasteiger charge is 2.33. The predicted molar refractivity (Wildman–Crippen MR) is 104 cm³/mol. The second kappa shape index (κ2) is 7.30. The van der Waals surface area contributed by atoms with Gasteiger partial charge in [0.1, 0.15) is 0 Å². The molecule has 0 saturated heterocycles. The molecule has 2 aromatic carbocycles. The van der Waals surface area contributed by atoms with Crippen LogP contribution in [-0.2, 0) is 0 Å². The van der Waals surface area contributed by atoms with Gasteiger partial charge < -0.3 is 4.90 Å². The number of carbonyl (C=O) groups excluding carboxylic acids is 1. The summed E-state index contributed by atoms with van der Waals surface area (Å²) in [7, 11) is 1.86. The third kappa shape index (κ3) is 3.53. The molecule has 0 bridgehead atoms. The van der Waals surface area contributed by atoms with Gasteiger partial charge in [0.05, 0.1) is 16.1 Å². The number of fused-ring (bicyclic) bond motifs is 1. The van der Waals surface area contributed by atoms with Gasteiger partial charge in [0.15, 0.2) is 0 Å². The molecule has 0 fully saturated rings. The Balaban J connectivity index is 1.68. The molecule has 1 aliphatic rings. The second-order valence-electron chi connectivity index (χ2n) is 5.82. The maximum Gasteiger partial charge on any atom is 0.254 e. The number of halogens is 3. The third-order valence-corrected chi connectivity index (χ3v) is 5.49. The summed E-state index contributed by atoms with van der Waals surface area (Å²) in [5.74, 6) is 0.0877. The highest BCUT2D eigenvalue weighted by Crippen LogP contribution is 2.36. The quantitative estimate of drug-likeness (QED) is 0.557. The molecule has 0 aromatic heterocycles. The molecule has 0 N–H and O–H groups in total. The first-order valence-corrected chi connectivity index (χ1v) is 9.20. The lowest BCUT2D eigenvalue weighted by molar-refractivity contribution is 0.0769. The Kier molecular flexibility index (Phi) is 5.33. The van der Waals surface area contributed by atoms with Crippen molar-refractivity contribution < 1.29 is 4.79 Å². The molecule has 2 aromatic rings. The van der Waals surface area contributed by atoms with Crippen LogP contribution in [0.5, 0.6) is 0 Å². The van der Waals surface area contributed by atoms with Crippen LogP contribution < -0.4 is 0 Å². The van der Waals surface area contributed by atoms with Crippen LogP contribution in [0.4, 0.5) is 0 Å². The lowest BCUT2D eigenvalue weighted by atomic mass is 10.0. The molecule has 1 heterocycles. The van der Waals surface area contributed by atoms with Gasteiger partial charge in [0, 0.05) is 17.1 Å². The molecule has 5 heteroatoms. The molecule has 0 aliphatic carbocycles. The van der Waals surface area contributed by atoms with Gasteiger partial charge in [0.2, 0.25) is 0 Å². The van der Waals surface area contributed by atoms with E-state index in [0.29, 0.717) is 10.0 Å². The Morgan fingerprint density at radius 2 is 1.96 bits per heavy atom. The Morgan fingerprint density at radius 1 is 1.17 bits per heavy atom. The summed E-state index contributed by atoms with van der Waals surface area (Å²) in [4.78, 5) is 14.2. The molecular formula is C19H16BrCl2NO. The highest BCUT2D eigenvalue weighted by atomic mass is 79.9. The van der Waals surface area contributed by atoms with E-state index in [-0.39, 0.29) is 11.9 Å². The molecule has 1 unspecified atom stereocenters. The average molecular weight is 425 g/mol. The molecule has 1 aliphatic heterocycles. The fourth-order valence-corrected chi connectivity index (χ4v) is 3.65. The molecule has 0 saturated carbocycles. The summed E-state index contributed by atoms with van der Waals surface area (Å²) in [5.41, 5.74) is 2.92. The summed E-state index contributed by atoms with van der Waals surface area (Å²) in [5, 5.41) is 1.11. The van der Waals surface area contributed by atoms with E-state index in [1.54, 1.807) is 6.07 Å². The van der Waals surface area contributed by atoms with Crippen LogP contribution in [0.3, 0.4) is 0 Å². The number of hydrogen-bond acceptors (Lipinski definition) is 1. The van der Waals surface area contributed by atoms with E-state index in [4.69, 9.17) is 23.2 Å². The van der Waals surface area contributed by atoms with Gasteiger partial charge in [-0.25, -0.2) is 0 Å². The minimum Gasteiger partial charge on any atom is -0.335 e. The molecule has 24 heavy (non-hydrogen) atoms. The molecule has 124 valence electrons. The van der Waals surface area contributed by atoms with Crippen molar-refractivity contribution >= 4 is 51.1 Å². The van der Waals surface area contributed by atoms with Gasteiger partial charge in [-0.1, -0.05) is 63.4 Å². The number of hydrogen-bond donors (Lipinski definition) is 0.